The van der Waals surface area contributed by atoms with Gasteiger partial charge in [-0.2, -0.15) is 0 Å². The summed E-state index contributed by atoms with van der Waals surface area (Å²) in [5.74, 6) is -0.285. The lowest BCUT2D eigenvalue weighted by molar-refractivity contribution is -0.145. The number of hydrogen-bond donors (Lipinski definition) is 0. The van der Waals surface area contributed by atoms with Gasteiger partial charge in [0.2, 0.25) is 0 Å². The van der Waals surface area contributed by atoms with Gasteiger partial charge >= 0.3 is 5.97 Å². The molecule has 1 atom stereocenters. The summed E-state index contributed by atoms with van der Waals surface area (Å²) < 4.78 is 12.2. The van der Waals surface area contributed by atoms with Crippen molar-refractivity contribution < 1.29 is 14.0 Å². The zero-order valence-electron chi connectivity index (χ0n) is 15.6. The van der Waals surface area contributed by atoms with Crippen molar-refractivity contribution in [2.75, 3.05) is 6.61 Å². The fourth-order valence-corrected chi connectivity index (χ4v) is 8.24. The zero-order valence-corrected chi connectivity index (χ0v) is 16.6. The Hall–Kier alpha value is -2.17. The van der Waals surface area contributed by atoms with Gasteiger partial charge in [-0.05, 0) is 15.4 Å². The topological polar surface area (TPSA) is 35.5 Å². The molecule has 26 heavy (non-hydrogen) atoms. The van der Waals surface area contributed by atoms with Crippen LogP contribution in [0.1, 0.15) is 27.2 Å². The Balaban J connectivity index is 2.03. The van der Waals surface area contributed by atoms with E-state index in [9.17, 15) is 4.79 Å². The van der Waals surface area contributed by atoms with E-state index in [1.807, 2.05) is 18.2 Å². The zero-order chi connectivity index (χ0) is 18.6. The van der Waals surface area contributed by atoms with Gasteiger partial charge in [-0.15, -0.1) is 0 Å². The van der Waals surface area contributed by atoms with Gasteiger partial charge in [0, 0.05) is 12.5 Å². The summed E-state index contributed by atoms with van der Waals surface area (Å²) >= 11 is 0. The van der Waals surface area contributed by atoms with E-state index in [4.69, 9.17) is 9.16 Å². The molecule has 1 unspecified atom stereocenters. The third kappa shape index (κ3) is 3.66. The third-order valence-corrected chi connectivity index (χ3v) is 9.84. The maximum Gasteiger partial charge on any atom is 0.330 e. The minimum Gasteiger partial charge on any atom is -0.456 e. The molecule has 0 amide bonds. The molecular formula is C22H26O3Si. The molecule has 3 rings (SSSR count). The van der Waals surface area contributed by atoms with Crippen molar-refractivity contribution >= 4 is 24.7 Å². The van der Waals surface area contributed by atoms with Crippen LogP contribution in [0.2, 0.25) is 5.04 Å². The number of rotatable bonds is 5. The van der Waals surface area contributed by atoms with Crippen LogP contribution in [0, 0.1) is 0 Å². The second-order valence-corrected chi connectivity index (χ2v) is 12.0. The summed E-state index contributed by atoms with van der Waals surface area (Å²) in [7, 11) is -2.57. The van der Waals surface area contributed by atoms with Crippen molar-refractivity contribution in [3.63, 3.8) is 0 Å². The molecule has 0 spiro atoms. The van der Waals surface area contributed by atoms with Crippen LogP contribution >= 0.6 is 0 Å². The van der Waals surface area contributed by atoms with Crippen LogP contribution in [-0.2, 0) is 14.0 Å². The molecule has 1 aliphatic rings. The van der Waals surface area contributed by atoms with Crippen LogP contribution in [0.3, 0.4) is 0 Å². The summed E-state index contributed by atoms with van der Waals surface area (Å²) in [5.41, 5.74) is 0. The monoisotopic (exact) mass is 366 g/mol. The van der Waals surface area contributed by atoms with E-state index < -0.39 is 8.32 Å². The molecule has 0 saturated heterocycles. The smallest absolute Gasteiger partial charge is 0.330 e. The SMILES string of the molecule is CC(C)(C)[Si](OCC1CC=CC(=O)O1)(c1ccccc1)c1ccccc1. The maximum atomic E-state index is 11.6. The van der Waals surface area contributed by atoms with Gasteiger partial charge < -0.3 is 9.16 Å². The largest absolute Gasteiger partial charge is 0.456 e. The lowest BCUT2D eigenvalue weighted by Gasteiger charge is -2.43. The number of hydrogen-bond acceptors (Lipinski definition) is 3. The molecule has 0 aromatic heterocycles. The molecule has 0 saturated carbocycles. The van der Waals surface area contributed by atoms with E-state index in [0.717, 1.165) is 0 Å². The summed E-state index contributed by atoms with van der Waals surface area (Å²) in [6, 6.07) is 21.0. The highest BCUT2D eigenvalue weighted by atomic mass is 28.4. The Morgan fingerprint density at radius 2 is 1.54 bits per heavy atom. The van der Waals surface area contributed by atoms with Gasteiger partial charge in [-0.3, -0.25) is 0 Å². The molecule has 0 N–H and O–H groups in total. The van der Waals surface area contributed by atoms with Crippen molar-refractivity contribution in [2.24, 2.45) is 0 Å². The first kappa shape index (κ1) is 18.6. The average molecular weight is 367 g/mol. The standard InChI is InChI=1S/C22H26O3Si/c1-22(2,3)26(19-12-6-4-7-13-19,20-14-8-5-9-15-20)24-17-18-11-10-16-21(23)25-18/h4-10,12-16,18H,11,17H2,1-3H3. The molecule has 2 aromatic rings. The van der Waals surface area contributed by atoms with E-state index >= 15 is 0 Å². The van der Waals surface area contributed by atoms with Crippen molar-refractivity contribution in [1.82, 2.24) is 0 Å². The summed E-state index contributed by atoms with van der Waals surface area (Å²) in [5, 5.41) is 2.39. The maximum absolute atomic E-state index is 11.6. The molecule has 0 radical (unpaired) electrons. The lowest BCUT2D eigenvalue weighted by Crippen LogP contribution is -2.67. The molecule has 4 heteroatoms. The number of cyclic esters (lactones) is 1. The van der Waals surface area contributed by atoms with Crippen molar-refractivity contribution in [3.05, 3.63) is 72.8 Å². The molecule has 0 bridgehead atoms. The fraction of sp³-hybridized carbons (Fsp3) is 0.318. The van der Waals surface area contributed by atoms with E-state index in [1.54, 1.807) is 0 Å². The Morgan fingerprint density at radius 1 is 1.00 bits per heavy atom. The van der Waals surface area contributed by atoms with Crippen molar-refractivity contribution in [3.8, 4) is 0 Å². The highest BCUT2D eigenvalue weighted by molar-refractivity contribution is 6.99. The van der Waals surface area contributed by atoms with Crippen LogP contribution < -0.4 is 10.4 Å². The Labute approximate surface area is 156 Å². The van der Waals surface area contributed by atoms with Gasteiger partial charge in [0.1, 0.15) is 6.10 Å². The molecular weight excluding hydrogens is 340 g/mol. The number of esters is 1. The van der Waals surface area contributed by atoms with Gasteiger partial charge in [-0.25, -0.2) is 4.79 Å². The average Bonchev–Trinajstić information content (AvgIpc) is 2.63. The third-order valence-electron chi connectivity index (χ3n) is 4.84. The first-order valence-electron chi connectivity index (χ1n) is 9.05. The highest BCUT2D eigenvalue weighted by Crippen LogP contribution is 2.37. The van der Waals surface area contributed by atoms with Gasteiger partial charge in [0.15, 0.2) is 0 Å². The molecule has 0 fully saturated rings. The molecule has 136 valence electrons. The quantitative estimate of drug-likeness (QED) is 0.601. The normalized spacial score (nSPS) is 17.8. The van der Waals surface area contributed by atoms with Crippen molar-refractivity contribution in [2.45, 2.75) is 38.3 Å². The molecule has 1 heterocycles. The number of carbonyl (C=O) groups is 1. The van der Waals surface area contributed by atoms with Crippen LogP contribution in [0.25, 0.3) is 0 Å². The van der Waals surface area contributed by atoms with Crippen LogP contribution in [0.15, 0.2) is 72.8 Å². The lowest BCUT2D eigenvalue weighted by atomic mass is 10.2. The summed E-state index contributed by atoms with van der Waals surface area (Å²) in [4.78, 5) is 11.6. The number of ether oxygens (including phenoxy) is 1. The molecule has 1 aliphatic heterocycles. The summed E-state index contributed by atoms with van der Waals surface area (Å²) in [6.07, 6.45) is 3.82. The van der Waals surface area contributed by atoms with Crippen LogP contribution in [0.4, 0.5) is 0 Å². The molecule has 3 nitrogen and oxygen atoms in total. The highest BCUT2D eigenvalue weighted by Gasteiger charge is 2.50. The molecule has 0 aliphatic carbocycles. The van der Waals surface area contributed by atoms with E-state index in [1.165, 1.54) is 16.4 Å². The Morgan fingerprint density at radius 3 is 2.00 bits per heavy atom. The number of carbonyl (C=O) groups excluding carboxylic acids is 1. The van der Waals surface area contributed by atoms with Gasteiger partial charge in [0.25, 0.3) is 8.32 Å². The van der Waals surface area contributed by atoms with Crippen LogP contribution in [0.5, 0.6) is 0 Å². The minimum atomic E-state index is -2.57. The van der Waals surface area contributed by atoms with E-state index in [2.05, 4.69) is 69.3 Å². The Bertz CT molecular complexity index is 723. The fourth-order valence-electron chi connectivity index (χ4n) is 3.65. The van der Waals surface area contributed by atoms with Gasteiger partial charge in [-0.1, -0.05) is 87.5 Å². The van der Waals surface area contributed by atoms with E-state index in [-0.39, 0.29) is 17.1 Å². The second-order valence-electron chi connectivity index (χ2n) is 7.67. The number of benzene rings is 2. The Kier molecular flexibility index (Phi) is 5.44. The molecule has 2 aromatic carbocycles. The minimum absolute atomic E-state index is 0.0791. The second kappa shape index (κ2) is 7.60. The van der Waals surface area contributed by atoms with Crippen molar-refractivity contribution in [1.29, 1.82) is 0 Å². The van der Waals surface area contributed by atoms with E-state index in [0.29, 0.717) is 13.0 Å². The predicted octanol–water partition coefficient (Wildman–Crippen LogP) is 3.43. The predicted molar refractivity (Wildman–Crippen MR) is 107 cm³/mol. The van der Waals surface area contributed by atoms with Gasteiger partial charge in [0.05, 0.1) is 6.61 Å². The first-order valence-corrected chi connectivity index (χ1v) is 11.0. The van der Waals surface area contributed by atoms with Crippen LogP contribution in [-0.4, -0.2) is 27.0 Å². The first-order chi connectivity index (χ1) is 12.4. The summed E-state index contributed by atoms with van der Waals surface area (Å²) in [6.45, 7) is 7.13.